The van der Waals surface area contributed by atoms with Gasteiger partial charge in [-0.25, -0.2) is 4.98 Å². The smallest absolute Gasteiger partial charge is 0.259 e. The van der Waals surface area contributed by atoms with Gasteiger partial charge < -0.3 is 14.3 Å². The molecule has 0 saturated carbocycles. The van der Waals surface area contributed by atoms with Gasteiger partial charge in [-0.1, -0.05) is 12.1 Å². The molecule has 1 aromatic carbocycles. The number of furan rings is 1. The predicted octanol–water partition coefficient (Wildman–Crippen LogP) is 4.11. The fraction of sp³-hybridized carbons (Fsp3) is 0.444. The highest BCUT2D eigenvalue weighted by Crippen LogP contribution is 2.33. The molecule has 35 heavy (non-hydrogen) atoms. The monoisotopic (exact) mass is 490 g/mol. The molecule has 1 N–H and O–H groups in total. The van der Waals surface area contributed by atoms with Crippen molar-refractivity contribution in [3.05, 3.63) is 61.7 Å². The topological polar surface area (TPSA) is 82.4 Å². The molecule has 182 valence electrons. The number of piperazine rings is 1. The number of rotatable bonds is 4. The van der Waals surface area contributed by atoms with E-state index < -0.39 is 0 Å². The van der Waals surface area contributed by atoms with E-state index in [4.69, 9.17) is 9.40 Å². The second-order valence-corrected chi connectivity index (χ2v) is 11.0. The van der Waals surface area contributed by atoms with Crippen LogP contribution in [0.25, 0.3) is 21.2 Å². The molecule has 2 aliphatic rings. The van der Waals surface area contributed by atoms with Crippen molar-refractivity contribution in [2.24, 2.45) is 0 Å². The van der Waals surface area contributed by atoms with E-state index in [1.54, 1.807) is 17.6 Å². The highest BCUT2D eigenvalue weighted by molar-refractivity contribution is 7.18. The van der Waals surface area contributed by atoms with Crippen LogP contribution < -0.4 is 5.56 Å². The lowest BCUT2D eigenvalue weighted by atomic mass is 9.97. The molecule has 0 unspecified atom stereocenters. The van der Waals surface area contributed by atoms with Crippen molar-refractivity contribution in [3.8, 4) is 0 Å². The Labute approximate surface area is 207 Å². The fourth-order valence-corrected chi connectivity index (χ4v) is 6.73. The minimum absolute atomic E-state index is 0.00372. The van der Waals surface area contributed by atoms with E-state index in [0.29, 0.717) is 26.1 Å². The van der Waals surface area contributed by atoms with Gasteiger partial charge >= 0.3 is 0 Å². The van der Waals surface area contributed by atoms with Gasteiger partial charge in [0.25, 0.3) is 5.56 Å². The Kier molecular flexibility index (Phi) is 5.73. The van der Waals surface area contributed by atoms with Crippen LogP contribution in [0.2, 0.25) is 0 Å². The highest BCUT2D eigenvalue weighted by atomic mass is 32.1. The molecule has 1 amide bonds. The number of aromatic amines is 1. The summed E-state index contributed by atoms with van der Waals surface area (Å²) in [6.45, 7) is 7.59. The molecule has 8 heteroatoms. The van der Waals surface area contributed by atoms with Crippen LogP contribution in [0.1, 0.15) is 45.8 Å². The molecule has 1 aliphatic carbocycles. The van der Waals surface area contributed by atoms with Crippen molar-refractivity contribution in [1.29, 1.82) is 0 Å². The van der Waals surface area contributed by atoms with Gasteiger partial charge in [0.1, 0.15) is 16.2 Å². The molecule has 0 spiro atoms. The number of benzene rings is 1. The number of aromatic nitrogens is 2. The Balaban J connectivity index is 1.10. The molecule has 0 bridgehead atoms. The van der Waals surface area contributed by atoms with E-state index >= 15 is 0 Å². The Morgan fingerprint density at radius 3 is 2.77 bits per heavy atom. The van der Waals surface area contributed by atoms with Gasteiger partial charge in [0.2, 0.25) is 5.91 Å². The van der Waals surface area contributed by atoms with E-state index in [1.807, 2.05) is 4.90 Å². The maximum absolute atomic E-state index is 13.0. The first-order chi connectivity index (χ1) is 17.0. The van der Waals surface area contributed by atoms with Crippen LogP contribution in [0.15, 0.2) is 27.6 Å². The van der Waals surface area contributed by atoms with Crippen molar-refractivity contribution in [2.75, 3.05) is 26.2 Å². The number of carbonyl (C=O) groups excluding carboxylic acids is 1. The molecule has 3 aromatic heterocycles. The van der Waals surface area contributed by atoms with Gasteiger partial charge in [-0.05, 0) is 56.2 Å². The fourth-order valence-electron chi connectivity index (χ4n) is 5.45. The Morgan fingerprint density at radius 2 is 1.94 bits per heavy atom. The predicted molar refractivity (Wildman–Crippen MR) is 138 cm³/mol. The summed E-state index contributed by atoms with van der Waals surface area (Å²) in [5, 5.41) is 1.83. The number of hydrogen-bond acceptors (Lipinski definition) is 6. The summed E-state index contributed by atoms with van der Waals surface area (Å²) in [6, 6.07) is 4.14. The van der Waals surface area contributed by atoms with Gasteiger partial charge in [-0.3, -0.25) is 14.5 Å². The van der Waals surface area contributed by atoms with Crippen molar-refractivity contribution < 1.29 is 9.21 Å². The first-order valence-electron chi connectivity index (χ1n) is 12.5. The molecule has 1 saturated heterocycles. The quantitative estimate of drug-likeness (QED) is 0.466. The largest absolute Gasteiger partial charge is 0.464 e. The Morgan fingerprint density at radius 1 is 1.14 bits per heavy atom. The van der Waals surface area contributed by atoms with Gasteiger partial charge in [0, 0.05) is 42.0 Å². The van der Waals surface area contributed by atoms with E-state index in [2.05, 4.69) is 35.9 Å². The minimum atomic E-state index is -0.00372. The highest BCUT2D eigenvalue weighted by Gasteiger charge is 2.24. The number of H-pyrrole nitrogens is 1. The number of hydrogen-bond donors (Lipinski definition) is 1. The third-order valence-electron chi connectivity index (χ3n) is 7.66. The molecular weight excluding hydrogens is 460 g/mol. The standard InChI is InChI=1S/C27H30N4O3S/c1-16-7-8-19-18(15-34-25(19)17(16)2)13-23(32)31-11-9-30(10-12-31)14-22-28-26(33)24-20-5-3-4-6-21(20)35-27(24)29-22/h7-8,15H,3-6,9-14H2,1-2H3,(H,28,29,33). The summed E-state index contributed by atoms with van der Waals surface area (Å²) in [6.07, 6.45) is 6.48. The maximum atomic E-state index is 13.0. The number of carbonyl (C=O) groups is 1. The number of aryl methyl sites for hydroxylation is 4. The number of thiophene rings is 1. The Bertz CT molecular complexity index is 1490. The Hall–Kier alpha value is -2.97. The lowest BCUT2D eigenvalue weighted by Gasteiger charge is -2.34. The van der Waals surface area contributed by atoms with Gasteiger partial charge in [-0.15, -0.1) is 11.3 Å². The summed E-state index contributed by atoms with van der Waals surface area (Å²) >= 11 is 1.69. The molecule has 4 aromatic rings. The zero-order valence-corrected chi connectivity index (χ0v) is 21.1. The third kappa shape index (κ3) is 4.08. The van der Waals surface area contributed by atoms with Crippen molar-refractivity contribution in [2.45, 2.75) is 52.5 Å². The minimum Gasteiger partial charge on any atom is -0.464 e. The molecule has 7 nitrogen and oxygen atoms in total. The van der Waals surface area contributed by atoms with Crippen LogP contribution in [0, 0.1) is 13.8 Å². The molecule has 1 aliphatic heterocycles. The number of nitrogens with one attached hydrogen (secondary N) is 1. The molecule has 0 atom stereocenters. The normalized spacial score (nSPS) is 16.8. The van der Waals surface area contributed by atoms with Crippen LogP contribution in [-0.2, 0) is 30.6 Å². The summed E-state index contributed by atoms with van der Waals surface area (Å²) < 4.78 is 5.78. The first kappa shape index (κ1) is 22.5. The second-order valence-electron chi connectivity index (χ2n) is 9.88. The van der Waals surface area contributed by atoms with Gasteiger partial charge in [0.15, 0.2) is 0 Å². The zero-order valence-electron chi connectivity index (χ0n) is 20.3. The molecule has 0 radical (unpaired) electrons. The second kappa shape index (κ2) is 8.91. The van der Waals surface area contributed by atoms with Gasteiger partial charge in [0.05, 0.1) is 24.6 Å². The molecule has 4 heterocycles. The zero-order chi connectivity index (χ0) is 24.1. The first-order valence-corrected chi connectivity index (χ1v) is 13.3. The summed E-state index contributed by atoms with van der Waals surface area (Å²) in [7, 11) is 0. The van der Waals surface area contributed by atoms with Crippen LogP contribution >= 0.6 is 11.3 Å². The summed E-state index contributed by atoms with van der Waals surface area (Å²) in [5.74, 6) is 0.846. The number of fused-ring (bicyclic) bond motifs is 4. The van der Waals surface area contributed by atoms with Crippen LogP contribution in [0.3, 0.4) is 0 Å². The van der Waals surface area contributed by atoms with Crippen LogP contribution in [-0.4, -0.2) is 51.9 Å². The summed E-state index contributed by atoms with van der Waals surface area (Å²) in [5.41, 5.74) is 5.36. The molecular formula is C27H30N4O3S. The van der Waals surface area contributed by atoms with E-state index in [1.165, 1.54) is 22.4 Å². The lowest BCUT2D eigenvalue weighted by Crippen LogP contribution is -2.49. The van der Waals surface area contributed by atoms with Crippen molar-refractivity contribution in [3.63, 3.8) is 0 Å². The third-order valence-corrected chi connectivity index (χ3v) is 8.84. The maximum Gasteiger partial charge on any atom is 0.259 e. The van der Waals surface area contributed by atoms with E-state index in [9.17, 15) is 9.59 Å². The SMILES string of the molecule is Cc1ccc2c(CC(=O)N3CCN(Cc4nc5sc6c(c5c(=O)[nH]4)CCCC6)CC3)coc2c1C. The van der Waals surface area contributed by atoms with Crippen molar-refractivity contribution >= 4 is 38.4 Å². The average Bonchev–Trinajstić information content (AvgIpc) is 3.43. The van der Waals surface area contributed by atoms with Crippen LogP contribution in [0.5, 0.6) is 0 Å². The summed E-state index contributed by atoms with van der Waals surface area (Å²) in [4.78, 5) is 40.1. The molecule has 6 rings (SSSR count). The molecule has 1 fully saturated rings. The number of amides is 1. The van der Waals surface area contributed by atoms with E-state index in [0.717, 1.165) is 70.5 Å². The van der Waals surface area contributed by atoms with Crippen molar-refractivity contribution in [1.82, 2.24) is 19.8 Å². The lowest BCUT2D eigenvalue weighted by molar-refractivity contribution is -0.132. The van der Waals surface area contributed by atoms with E-state index in [-0.39, 0.29) is 11.5 Å². The van der Waals surface area contributed by atoms with Gasteiger partial charge in [-0.2, -0.15) is 0 Å². The van der Waals surface area contributed by atoms with Crippen LogP contribution in [0.4, 0.5) is 0 Å². The average molecular weight is 491 g/mol. The number of nitrogens with zero attached hydrogens (tertiary/aromatic N) is 3.